The van der Waals surface area contributed by atoms with Crippen molar-refractivity contribution in [3.63, 3.8) is 0 Å². The number of anilines is 2. The highest BCUT2D eigenvalue weighted by Crippen LogP contribution is 2.26. The highest BCUT2D eigenvalue weighted by molar-refractivity contribution is 6.01. The molecular weight excluding hydrogens is 289 g/mol. The average Bonchev–Trinajstić information content (AvgIpc) is 2.78. The van der Waals surface area contributed by atoms with E-state index < -0.39 is 11.8 Å². The first-order valence-electron chi connectivity index (χ1n) is 6.38. The molecule has 0 saturated carbocycles. The zero-order valence-corrected chi connectivity index (χ0v) is 12.1. The number of nitrogens with one attached hydrogen (secondary N) is 2. The second-order valence-electron chi connectivity index (χ2n) is 4.41. The van der Waals surface area contributed by atoms with E-state index in [-0.39, 0.29) is 18.0 Å². The van der Waals surface area contributed by atoms with Crippen LogP contribution in [0.15, 0.2) is 22.7 Å². The number of halogens is 1. The van der Waals surface area contributed by atoms with Gasteiger partial charge in [0, 0.05) is 6.07 Å². The lowest BCUT2D eigenvalue weighted by atomic mass is 10.3. The Hall–Kier alpha value is -3.01. The number of terminal acetylenes is 1. The van der Waals surface area contributed by atoms with Gasteiger partial charge in [0.05, 0.1) is 5.69 Å². The van der Waals surface area contributed by atoms with Crippen LogP contribution < -0.4 is 15.4 Å². The first-order chi connectivity index (χ1) is 10.5. The number of aryl methyl sites for hydroxylation is 2. The number of aromatic nitrogens is 1. The molecule has 0 unspecified atom stereocenters. The monoisotopic (exact) mass is 303 g/mol. The van der Waals surface area contributed by atoms with Crippen LogP contribution in [-0.2, 0) is 0 Å². The predicted molar refractivity (Wildman–Crippen MR) is 79.3 cm³/mol. The molecule has 0 saturated heterocycles. The van der Waals surface area contributed by atoms with E-state index in [0.717, 1.165) is 6.07 Å². The molecule has 114 valence electrons. The van der Waals surface area contributed by atoms with Crippen LogP contribution in [0.4, 0.5) is 20.6 Å². The maximum atomic E-state index is 13.3. The van der Waals surface area contributed by atoms with Crippen molar-refractivity contribution in [2.75, 3.05) is 17.2 Å². The first kappa shape index (κ1) is 15.4. The molecule has 6 nitrogen and oxygen atoms in total. The van der Waals surface area contributed by atoms with E-state index in [4.69, 9.17) is 15.7 Å². The minimum atomic E-state index is -0.578. The Bertz CT molecular complexity index is 715. The van der Waals surface area contributed by atoms with E-state index in [2.05, 4.69) is 21.7 Å². The summed E-state index contributed by atoms with van der Waals surface area (Å²) in [5, 5.41) is 8.81. The van der Waals surface area contributed by atoms with Crippen molar-refractivity contribution in [3.05, 3.63) is 35.5 Å². The van der Waals surface area contributed by atoms with Gasteiger partial charge in [0.2, 0.25) is 0 Å². The SMILES string of the molecule is C#CCOc1ccc(F)cc1NC(=O)Nc1c(C)noc1C. The van der Waals surface area contributed by atoms with Gasteiger partial charge in [-0.05, 0) is 26.0 Å². The summed E-state index contributed by atoms with van der Waals surface area (Å²) in [4.78, 5) is 12.0. The largest absolute Gasteiger partial charge is 0.479 e. The molecule has 0 fully saturated rings. The van der Waals surface area contributed by atoms with Crippen molar-refractivity contribution in [2.45, 2.75) is 13.8 Å². The van der Waals surface area contributed by atoms with Crippen LogP contribution in [-0.4, -0.2) is 17.8 Å². The Morgan fingerprint density at radius 1 is 1.45 bits per heavy atom. The van der Waals surface area contributed by atoms with Crippen LogP contribution in [0.3, 0.4) is 0 Å². The molecule has 0 spiro atoms. The van der Waals surface area contributed by atoms with Crippen LogP contribution >= 0.6 is 0 Å². The lowest BCUT2D eigenvalue weighted by Crippen LogP contribution is -2.20. The summed E-state index contributed by atoms with van der Waals surface area (Å²) >= 11 is 0. The summed E-state index contributed by atoms with van der Waals surface area (Å²) in [7, 11) is 0. The number of benzene rings is 1. The third-order valence-corrected chi connectivity index (χ3v) is 2.77. The van der Waals surface area contributed by atoms with E-state index in [1.165, 1.54) is 12.1 Å². The summed E-state index contributed by atoms with van der Waals surface area (Å²) in [5.74, 6) is 2.52. The standard InChI is InChI=1S/C15H14FN3O3/c1-4-7-21-13-6-5-11(16)8-12(13)17-15(20)18-14-9(2)19-22-10(14)3/h1,5-6,8H,7H2,2-3H3,(H2,17,18,20). The molecule has 0 radical (unpaired) electrons. The molecule has 1 aromatic carbocycles. The van der Waals surface area contributed by atoms with E-state index in [1.54, 1.807) is 13.8 Å². The fourth-order valence-electron chi connectivity index (χ4n) is 1.77. The van der Waals surface area contributed by atoms with Crippen LogP contribution in [0.2, 0.25) is 0 Å². The van der Waals surface area contributed by atoms with Crippen molar-refractivity contribution >= 4 is 17.4 Å². The van der Waals surface area contributed by atoms with Gasteiger partial charge in [0.25, 0.3) is 0 Å². The summed E-state index contributed by atoms with van der Waals surface area (Å²) in [6.07, 6.45) is 5.12. The van der Waals surface area contributed by atoms with Crippen LogP contribution in [0.25, 0.3) is 0 Å². The topological polar surface area (TPSA) is 76.4 Å². The molecule has 7 heteroatoms. The van der Waals surface area contributed by atoms with Crippen molar-refractivity contribution < 1.29 is 18.4 Å². The zero-order valence-electron chi connectivity index (χ0n) is 12.1. The van der Waals surface area contributed by atoms with E-state index in [1.807, 2.05) is 0 Å². The van der Waals surface area contributed by atoms with Gasteiger partial charge < -0.3 is 19.9 Å². The fraction of sp³-hybridized carbons (Fsp3) is 0.200. The predicted octanol–water partition coefficient (Wildman–Crippen LogP) is 3.09. The van der Waals surface area contributed by atoms with Crippen LogP contribution in [0.1, 0.15) is 11.5 Å². The van der Waals surface area contributed by atoms with Gasteiger partial charge in [0.1, 0.15) is 29.6 Å². The number of urea groups is 1. The van der Waals surface area contributed by atoms with E-state index >= 15 is 0 Å². The van der Waals surface area contributed by atoms with Crippen molar-refractivity contribution in [1.82, 2.24) is 5.16 Å². The number of amides is 2. The normalized spacial score (nSPS) is 9.91. The van der Waals surface area contributed by atoms with Crippen LogP contribution in [0.5, 0.6) is 5.75 Å². The van der Waals surface area contributed by atoms with Gasteiger partial charge in [-0.2, -0.15) is 0 Å². The number of hydrogen-bond donors (Lipinski definition) is 2. The molecule has 0 aliphatic rings. The lowest BCUT2D eigenvalue weighted by molar-refractivity contribution is 0.262. The van der Waals surface area contributed by atoms with Gasteiger partial charge in [-0.25, -0.2) is 9.18 Å². The second kappa shape index (κ2) is 6.63. The highest BCUT2D eigenvalue weighted by Gasteiger charge is 2.14. The maximum Gasteiger partial charge on any atom is 0.323 e. The van der Waals surface area contributed by atoms with E-state index in [0.29, 0.717) is 17.1 Å². The van der Waals surface area contributed by atoms with E-state index in [9.17, 15) is 9.18 Å². The Labute approximate surface area is 126 Å². The molecule has 2 rings (SSSR count). The number of hydrogen-bond acceptors (Lipinski definition) is 4. The number of ether oxygens (including phenoxy) is 1. The molecule has 1 aromatic heterocycles. The molecule has 1 heterocycles. The Morgan fingerprint density at radius 3 is 2.86 bits per heavy atom. The lowest BCUT2D eigenvalue weighted by Gasteiger charge is -2.12. The smallest absolute Gasteiger partial charge is 0.323 e. The summed E-state index contributed by atoms with van der Waals surface area (Å²) in [5.41, 5.74) is 1.16. The van der Waals surface area contributed by atoms with Gasteiger partial charge in [-0.15, -0.1) is 6.42 Å². The number of rotatable bonds is 4. The van der Waals surface area contributed by atoms with Gasteiger partial charge in [-0.3, -0.25) is 0 Å². The van der Waals surface area contributed by atoms with Crippen molar-refractivity contribution in [1.29, 1.82) is 0 Å². The Balaban J connectivity index is 2.14. The highest BCUT2D eigenvalue weighted by atomic mass is 19.1. The summed E-state index contributed by atoms with van der Waals surface area (Å²) in [6, 6.07) is 3.16. The van der Waals surface area contributed by atoms with Gasteiger partial charge in [0.15, 0.2) is 5.76 Å². The van der Waals surface area contributed by atoms with Gasteiger partial charge >= 0.3 is 6.03 Å². The average molecular weight is 303 g/mol. The Morgan fingerprint density at radius 2 is 2.23 bits per heavy atom. The minimum absolute atomic E-state index is 0.00575. The third-order valence-electron chi connectivity index (χ3n) is 2.77. The number of carbonyl (C=O) groups excluding carboxylic acids is 1. The minimum Gasteiger partial charge on any atom is -0.479 e. The maximum absolute atomic E-state index is 13.3. The Kier molecular flexibility index (Phi) is 4.63. The zero-order chi connectivity index (χ0) is 16.1. The quantitative estimate of drug-likeness (QED) is 0.851. The molecule has 0 aliphatic carbocycles. The first-order valence-corrected chi connectivity index (χ1v) is 6.38. The number of carbonyl (C=O) groups is 1. The summed E-state index contributed by atoms with van der Waals surface area (Å²) in [6.45, 7) is 3.36. The fourth-order valence-corrected chi connectivity index (χ4v) is 1.77. The van der Waals surface area contributed by atoms with Crippen molar-refractivity contribution in [3.8, 4) is 18.1 Å². The second-order valence-corrected chi connectivity index (χ2v) is 4.41. The molecule has 22 heavy (non-hydrogen) atoms. The molecule has 0 atom stereocenters. The molecule has 2 N–H and O–H groups in total. The molecular formula is C15H14FN3O3. The summed E-state index contributed by atoms with van der Waals surface area (Å²) < 4.78 is 23.5. The van der Waals surface area contributed by atoms with Gasteiger partial charge in [-0.1, -0.05) is 11.1 Å². The van der Waals surface area contributed by atoms with Crippen LogP contribution in [0, 0.1) is 32.0 Å². The molecule has 0 aliphatic heterocycles. The van der Waals surface area contributed by atoms with Crippen molar-refractivity contribution in [2.24, 2.45) is 0 Å². The molecule has 2 aromatic rings. The third kappa shape index (κ3) is 3.55. The molecule has 2 amide bonds. The molecule has 0 bridgehead atoms. The number of nitrogens with zero attached hydrogens (tertiary/aromatic N) is 1.